The van der Waals surface area contributed by atoms with Crippen LogP contribution in [0.3, 0.4) is 0 Å². The Morgan fingerprint density at radius 2 is 2.00 bits per heavy atom. The molecule has 2 nitrogen and oxygen atoms in total. The maximum atomic E-state index is 11.8. The molecule has 88 valence electrons. The standard InChI is InChI=1S/C13H18BrNO/c1-9(15-12(16)13(2,3)4)10-6-5-7-11(14)8-10/h5-9H,1-4H3,(H,15,16). The molecule has 0 bridgehead atoms. The van der Waals surface area contributed by atoms with E-state index < -0.39 is 0 Å². The van der Waals surface area contributed by atoms with Crippen LogP contribution >= 0.6 is 15.9 Å². The van der Waals surface area contributed by atoms with Gasteiger partial charge in [0.15, 0.2) is 0 Å². The van der Waals surface area contributed by atoms with Crippen LogP contribution in [0, 0.1) is 5.41 Å². The number of nitrogens with one attached hydrogen (secondary N) is 1. The molecule has 0 saturated heterocycles. The van der Waals surface area contributed by atoms with Crippen molar-refractivity contribution in [3.63, 3.8) is 0 Å². The number of amides is 1. The minimum absolute atomic E-state index is 0.0317. The number of rotatable bonds is 2. The van der Waals surface area contributed by atoms with Crippen LogP contribution in [0.25, 0.3) is 0 Å². The monoisotopic (exact) mass is 283 g/mol. The van der Waals surface area contributed by atoms with Crippen LogP contribution in [0.15, 0.2) is 28.7 Å². The topological polar surface area (TPSA) is 29.1 Å². The zero-order valence-electron chi connectivity index (χ0n) is 10.2. The molecule has 0 aliphatic carbocycles. The second kappa shape index (κ2) is 5.00. The van der Waals surface area contributed by atoms with Gasteiger partial charge in [-0.2, -0.15) is 0 Å². The van der Waals surface area contributed by atoms with Crippen molar-refractivity contribution in [3.8, 4) is 0 Å². The number of hydrogen-bond donors (Lipinski definition) is 1. The lowest BCUT2D eigenvalue weighted by atomic mass is 9.95. The Bertz CT molecular complexity index is 382. The molecule has 0 fully saturated rings. The molecule has 1 amide bonds. The van der Waals surface area contributed by atoms with Gasteiger partial charge in [0.25, 0.3) is 0 Å². The van der Waals surface area contributed by atoms with Crippen LogP contribution in [0.5, 0.6) is 0 Å². The molecule has 1 atom stereocenters. The fourth-order valence-electron chi connectivity index (χ4n) is 1.27. The minimum Gasteiger partial charge on any atom is -0.349 e. The van der Waals surface area contributed by atoms with E-state index in [-0.39, 0.29) is 17.4 Å². The zero-order valence-corrected chi connectivity index (χ0v) is 11.8. The van der Waals surface area contributed by atoms with Crippen LogP contribution in [0.2, 0.25) is 0 Å². The lowest BCUT2D eigenvalue weighted by Gasteiger charge is -2.22. The Hall–Kier alpha value is -0.830. The van der Waals surface area contributed by atoms with Gasteiger partial charge in [0.05, 0.1) is 6.04 Å². The molecular weight excluding hydrogens is 266 g/mol. The molecule has 1 aromatic rings. The summed E-state index contributed by atoms with van der Waals surface area (Å²) in [6, 6.07) is 8.01. The van der Waals surface area contributed by atoms with E-state index in [2.05, 4.69) is 21.2 Å². The number of halogens is 1. The van der Waals surface area contributed by atoms with Crippen molar-refractivity contribution in [1.82, 2.24) is 5.32 Å². The van der Waals surface area contributed by atoms with E-state index in [9.17, 15) is 4.79 Å². The van der Waals surface area contributed by atoms with Gasteiger partial charge in [-0.1, -0.05) is 48.8 Å². The van der Waals surface area contributed by atoms with Gasteiger partial charge in [0, 0.05) is 9.89 Å². The summed E-state index contributed by atoms with van der Waals surface area (Å²) >= 11 is 3.42. The van der Waals surface area contributed by atoms with Crippen LogP contribution in [0.4, 0.5) is 0 Å². The van der Waals surface area contributed by atoms with Gasteiger partial charge >= 0.3 is 0 Å². The molecule has 1 N–H and O–H groups in total. The molecule has 1 rings (SSSR count). The van der Waals surface area contributed by atoms with E-state index in [0.717, 1.165) is 10.0 Å². The Balaban J connectivity index is 2.73. The fraction of sp³-hybridized carbons (Fsp3) is 0.462. The van der Waals surface area contributed by atoms with Crippen molar-refractivity contribution in [2.45, 2.75) is 33.7 Å². The molecule has 0 spiro atoms. The second-order valence-electron chi connectivity index (χ2n) is 5.00. The highest BCUT2D eigenvalue weighted by Crippen LogP contribution is 2.20. The SMILES string of the molecule is CC(NC(=O)C(C)(C)C)c1cccc(Br)c1. The van der Waals surface area contributed by atoms with Crippen LogP contribution in [-0.4, -0.2) is 5.91 Å². The molecule has 0 aliphatic rings. The first-order valence-electron chi connectivity index (χ1n) is 5.37. The van der Waals surface area contributed by atoms with E-state index >= 15 is 0 Å². The Morgan fingerprint density at radius 3 is 2.50 bits per heavy atom. The number of carbonyl (C=O) groups is 1. The van der Waals surface area contributed by atoms with E-state index in [0.29, 0.717) is 0 Å². The van der Waals surface area contributed by atoms with Crippen molar-refractivity contribution < 1.29 is 4.79 Å². The molecule has 0 heterocycles. The average molecular weight is 284 g/mol. The van der Waals surface area contributed by atoms with Crippen molar-refractivity contribution in [2.24, 2.45) is 5.41 Å². The quantitative estimate of drug-likeness (QED) is 0.882. The van der Waals surface area contributed by atoms with Crippen LogP contribution in [0.1, 0.15) is 39.3 Å². The third-order valence-corrected chi connectivity index (χ3v) is 2.87. The largest absolute Gasteiger partial charge is 0.349 e. The number of hydrogen-bond acceptors (Lipinski definition) is 1. The summed E-state index contributed by atoms with van der Waals surface area (Å²) in [5, 5.41) is 3.00. The van der Waals surface area contributed by atoms with Gasteiger partial charge in [-0.25, -0.2) is 0 Å². The van der Waals surface area contributed by atoms with Gasteiger partial charge < -0.3 is 5.32 Å². The first-order valence-corrected chi connectivity index (χ1v) is 6.16. The predicted octanol–water partition coefficient (Wildman–Crippen LogP) is 3.67. The number of benzene rings is 1. The molecule has 0 aliphatic heterocycles. The van der Waals surface area contributed by atoms with Crippen molar-refractivity contribution in [2.75, 3.05) is 0 Å². The lowest BCUT2D eigenvalue weighted by molar-refractivity contribution is -0.129. The zero-order chi connectivity index (χ0) is 12.3. The molecule has 0 radical (unpaired) electrons. The first kappa shape index (κ1) is 13.2. The Morgan fingerprint density at radius 1 is 1.38 bits per heavy atom. The Labute approximate surface area is 106 Å². The van der Waals surface area contributed by atoms with E-state index in [1.54, 1.807) is 0 Å². The van der Waals surface area contributed by atoms with Gasteiger partial charge in [-0.05, 0) is 24.6 Å². The Kier molecular flexibility index (Phi) is 4.14. The highest BCUT2D eigenvalue weighted by atomic mass is 79.9. The van der Waals surface area contributed by atoms with Crippen LogP contribution in [-0.2, 0) is 4.79 Å². The molecular formula is C13H18BrNO. The summed E-state index contributed by atoms with van der Waals surface area (Å²) in [6.07, 6.45) is 0. The molecule has 0 saturated carbocycles. The summed E-state index contributed by atoms with van der Waals surface area (Å²) in [5.74, 6) is 0.0694. The van der Waals surface area contributed by atoms with Crippen LogP contribution < -0.4 is 5.32 Å². The maximum Gasteiger partial charge on any atom is 0.225 e. The smallest absolute Gasteiger partial charge is 0.225 e. The predicted molar refractivity (Wildman–Crippen MR) is 70.2 cm³/mol. The highest BCUT2D eigenvalue weighted by molar-refractivity contribution is 9.10. The highest BCUT2D eigenvalue weighted by Gasteiger charge is 2.22. The van der Waals surface area contributed by atoms with E-state index in [1.165, 1.54) is 0 Å². The maximum absolute atomic E-state index is 11.8. The van der Waals surface area contributed by atoms with E-state index in [1.807, 2.05) is 52.0 Å². The van der Waals surface area contributed by atoms with Crippen molar-refractivity contribution in [3.05, 3.63) is 34.3 Å². The number of carbonyl (C=O) groups excluding carboxylic acids is 1. The van der Waals surface area contributed by atoms with Crippen molar-refractivity contribution in [1.29, 1.82) is 0 Å². The molecule has 16 heavy (non-hydrogen) atoms. The normalized spacial score (nSPS) is 13.3. The summed E-state index contributed by atoms with van der Waals surface area (Å²) < 4.78 is 1.03. The summed E-state index contributed by atoms with van der Waals surface area (Å²) in [4.78, 5) is 11.8. The fourth-order valence-corrected chi connectivity index (χ4v) is 1.69. The summed E-state index contributed by atoms with van der Waals surface area (Å²) in [5.41, 5.74) is 0.757. The summed E-state index contributed by atoms with van der Waals surface area (Å²) in [7, 11) is 0. The van der Waals surface area contributed by atoms with Gasteiger partial charge in [-0.3, -0.25) is 4.79 Å². The van der Waals surface area contributed by atoms with Gasteiger partial charge in [-0.15, -0.1) is 0 Å². The minimum atomic E-state index is -0.347. The van der Waals surface area contributed by atoms with Gasteiger partial charge in [0.2, 0.25) is 5.91 Å². The van der Waals surface area contributed by atoms with E-state index in [4.69, 9.17) is 0 Å². The lowest BCUT2D eigenvalue weighted by Crippen LogP contribution is -2.36. The molecule has 0 aromatic heterocycles. The molecule has 1 aromatic carbocycles. The van der Waals surface area contributed by atoms with Crippen molar-refractivity contribution >= 4 is 21.8 Å². The average Bonchev–Trinajstić information content (AvgIpc) is 2.16. The first-order chi connectivity index (χ1) is 7.30. The second-order valence-corrected chi connectivity index (χ2v) is 5.92. The van der Waals surface area contributed by atoms with Gasteiger partial charge in [0.1, 0.15) is 0 Å². The summed E-state index contributed by atoms with van der Waals surface area (Å²) in [6.45, 7) is 7.73. The third-order valence-electron chi connectivity index (χ3n) is 2.38. The molecule has 3 heteroatoms. The third kappa shape index (κ3) is 3.63. The molecule has 1 unspecified atom stereocenters.